The lowest BCUT2D eigenvalue weighted by Gasteiger charge is -2.26. The number of hydrogen-bond acceptors (Lipinski definition) is 1. The lowest BCUT2D eigenvalue weighted by atomic mass is 9.86. The molecule has 20 heavy (non-hydrogen) atoms. The van der Waals surface area contributed by atoms with Gasteiger partial charge in [-0.3, -0.25) is 0 Å². The summed E-state index contributed by atoms with van der Waals surface area (Å²) in [5, 5.41) is 1.15. The molecule has 4 heteroatoms. The van der Waals surface area contributed by atoms with Gasteiger partial charge in [-0.1, -0.05) is 41.4 Å². The molecule has 2 aromatic rings. The van der Waals surface area contributed by atoms with Gasteiger partial charge in [-0.25, -0.2) is 4.39 Å². The van der Waals surface area contributed by atoms with Gasteiger partial charge >= 0.3 is 0 Å². The van der Waals surface area contributed by atoms with E-state index in [0.717, 1.165) is 11.1 Å². The summed E-state index contributed by atoms with van der Waals surface area (Å²) < 4.78 is 13.7. The van der Waals surface area contributed by atoms with Crippen LogP contribution in [0.15, 0.2) is 36.4 Å². The van der Waals surface area contributed by atoms with Crippen molar-refractivity contribution in [3.8, 4) is 0 Å². The predicted molar refractivity (Wildman–Crippen MR) is 82.8 cm³/mol. The Balaban J connectivity index is 2.32. The first-order valence-corrected chi connectivity index (χ1v) is 7.04. The Morgan fingerprint density at radius 2 is 1.85 bits per heavy atom. The second-order valence-corrected chi connectivity index (χ2v) is 6.14. The van der Waals surface area contributed by atoms with Crippen molar-refractivity contribution in [1.82, 2.24) is 0 Å². The number of aryl methyl sites for hydroxylation is 1. The molecule has 106 valence electrons. The highest BCUT2D eigenvalue weighted by atomic mass is 35.5. The van der Waals surface area contributed by atoms with Gasteiger partial charge < -0.3 is 5.73 Å². The maximum Gasteiger partial charge on any atom is 0.126 e. The maximum absolute atomic E-state index is 13.7. The summed E-state index contributed by atoms with van der Waals surface area (Å²) >= 11 is 12.0. The van der Waals surface area contributed by atoms with Gasteiger partial charge in [0.05, 0.1) is 0 Å². The van der Waals surface area contributed by atoms with E-state index in [4.69, 9.17) is 28.9 Å². The van der Waals surface area contributed by atoms with E-state index < -0.39 is 5.54 Å². The van der Waals surface area contributed by atoms with E-state index in [1.54, 1.807) is 25.1 Å². The highest BCUT2D eigenvalue weighted by Gasteiger charge is 2.23. The van der Waals surface area contributed by atoms with Crippen LogP contribution >= 0.6 is 23.2 Å². The molecular weight excluding hydrogens is 296 g/mol. The minimum atomic E-state index is -0.702. The normalized spacial score (nSPS) is 14.1. The number of hydrogen-bond donors (Lipinski definition) is 1. The third-order valence-electron chi connectivity index (χ3n) is 3.40. The average molecular weight is 312 g/mol. The first kappa shape index (κ1) is 15.3. The second kappa shape index (κ2) is 5.72. The zero-order valence-electron chi connectivity index (χ0n) is 11.4. The van der Waals surface area contributed by atoms with Gasteiger partial charge in [0.25, 0.3) is 0 Å². The van der Waals surface area contributed by atoms with E-state index in [1.807, 2.05) is 19.1 Å². The van der Waals surface area contributed by atoms with Gasteiger partial charge in [-0.2, -0.15) is 0 Å². The molecule has 0 amide bonds. The van der Waals surface area contributed by atoms with E-state index in [9.17, 15) is 4.39 Å². The summed E-state index contributed by atoms with van der Waals surface area (Å²) in [6, 6.07) is 10.4. The third-order valence-corrected chi connectivity index (χ3v) is 3.99. The molecule has 0 saturated heterocycles. The molecule has 1 nitrogen and oxygen atoms in total. The van der Waals surface area contributed by atoms with Gasteiger partial charge in [0.15, 0.2) is 0 Å². The van der Waals surface area contributed by atoms with Crippen molar-refractivity contribution in [2.75, 3.05) is 0 Å². The van der Waals surface area contributed by atoms with Crippen molar-refractivity contribution in [2.45, 2.75) is 25.8 Å². The average Bonchev–Trinajstić information content (AvgIpc) is 2.36. The molecule has 0 saturated carbocycles. The second-order valence-electron chi connectivity index (χ2n) is 5.29. The van der Waals surface area contributed by atoms with E-state index >= 15 is 0 Å². The van der Waals surface area contributed by atoms with Crippen LogP contribution in [0.25, 0.3) is 0 Å². The lowest BCUT2D eigenvalue weighted by molar-refractivity contribution is 0.486. The highest BCUT2D eigenvalue weighted by molar-refractivity contribution is 6.35. The minimum Gasteiger partial charge on any atom is -0.321 e. The molecule has 0 aliphatic rings. The number of nitrogens with two attached hydrogens (primary N) is 1. The predicted octanol–water partition coefficient (Wildman–Crippen LogP) is 4.86. The fourth-order valence-corrected chi connectivity index (χ4v) is 2.59. The van der Waals surface area contributed by atoms with Crippen LogP contribution in [0.5, 0.6) is 0 Å². The van der Waals surface area contributed by atoms with Crippen LogP contribution in [0.2, 0.25) is 10.0 Å². The molecule has 1 atom stereocenters. The molecule has 0 aliphatic heterocycles. The standard InChI is InChI=1S/C16H16Cl2FN/c1-10-3-5-12(7-15(10)19)16(2,20)9-11-4-6-13(17)8-14(11)18/h3-8H,9,20H2,1-2H3. The Labute approximate surface area is 128 Å². The van der Waals surface area contributed by atoms with Crippen molar-refractivity contribution in [3.63, 3.8) is 0 Å². The van der Waals surface area contributed by atoms with Crippen LogP contribution in [0.3, 0.4) is 0 Å². The number of rotatable bonds is 3. The quantitative estimate of drug-likeness (QED) is 0.861. The Hall–Kier alpha value is -1.09. The summed E-state index contributed by atoms with van der Waals surface area (Å²) in [7, 11) is 0. The fraction of sp³-hybridized carbons (Fsp3) is 0.250. The zero-order chi connectivity index (χ0) is 14.9. The van der Waals surface area contributed by atoms with E-state index in [-0.39, 0.29) is 5.82 Å². The van der Waals surface area contributed by atoms with Crippen LogP contribution in [0.1, 0.15) is 23.6 Å². The topological polar surface area (TPSA) is 26.0 Å². The van der Waals surface area contributed by atoms with E-state index in [2.05, 4.69) is 0 Å². The van der Waals surface area contributed by atoms with Crippen molar-refractivity contribution in [2.24, 2.45) is 5.73 Å². The molecule has 0 fully saturated rings. The molecule has 0 aromatic heterocycles. The van der Waals surface area contributed by atoms with Crippen molar-refractivity contribution < 1.29 is 4.39 Å². The van der Waals surface area contributed by atoms with Gasteiger partial charge in [0, 0.05) is 15.6 Å². The molecule has 0 radical (unpaired) electrons. The monoisotopic (exact) mass is 311 g/mol. The van der Waals surface area contributed by atoms with Crippen LogP contribution in [-0.2, 0) is 12.0 Å². The molecule has 0 aliphatic carbocycles. The SMILES string of the molecule is Cc1ccc(C(C)(N)Cc2ccc(Cl)cc2Cl)cc1F. The molecule has 0 bridgehead atoms. The van der Waals surface area contributed by atoms with Crippen molar-refractivity contribution in [3.05, 3.63) is 69.0 Å². The largest absolute Gasteiger partial charge is 0.321 e. The summed E-state index contributed by atoms with van der Waals surface area (Å²) in [6.07, 6.45) is 0.505. The van der Waals surface area contributed by atoms with Gasteiger partial charge in [-0.15, -0.1) is 0 Å². The van der Waals surface area contributed by atoms with Crippen LogP contribution < -0.4 is 5.73 Å². The number of halogens is 3. The van der Waals surface area contributed by atoms with Crippen molar-refractivity contribution in [1.29, 1.82) is 0 Å². The Kier molecular flexibility index (Phi) is 4.38. The van der Waals surface area contributed by atoms with Crippen LogP contribution in [-0.4, -0.2) is 0 Å². The van der Waals surface area contributed by atoms with Gasteiger partial charge in [-0.05, 0) is 55.2 Å². The first-order valence-electron chi connectivity index (χ1n) is 6.29. The summed E-state index contributed by atoms with van der Waals surface area (Å²) in [4.78, 5) is 0. The van der Waals surface area contributed by atoms with Crippen LogP contribution in [0, 0.1) is 12.7 Å². The molecular formula is C16H16Cl2FN. The van der Waals surface area contributed by atoms with E-state index in [1.165, 1.54) is 6.07 Å². The zero-order valence-corrected chi connectivity index (χ0v) is 12.9. The molecule has 0 heterocycles. The maximum atomic E-state index is 13.7. The van der Waals surface area contributed by atoms with Crippen molar-refractivity contribution >= 4 is 23.2 Å². The Morgan fingerprint density at radius 1 is 1.15 bits per heavy atom. The van der Waals surface area contributed by atoms with Gasteiger partial charge in [0.2, 0.25) is 0 Å². The third kappa shape index (κ3) is 3.32. The molecule has 2 N–H and O–H groups in total. The lowest BCUT2D eigenvalue weighted by Crippen LogP contribution is -2.35. The molecule has 2 aromatic carbocycles. The molecule has 2 rings (SSSR count). The van der Waals surface area contributed by atoms with Crippen LogP contribution in [0.4, 0.5) is 4.39 Å². The highest BCUT2D eigenvalue weighted by Crippen LogP contribution is 2.29. The first-order chi connectivity index (χ1) is 9.29. The summed E-state index contributed by atoms with van der Waals surface area (Å²) in [5.74, 6) is -0.249. The Morgan fingerprint density at radius 3 is 2.45 bits per heavy atom. The minimum absolute atomic E-state index is 0.249. The number of benzene rings is 2. The van der Waals surface area contributed by atoms with Gasteiger partial charge in [0.1, 0.15) is 5.82 Å². The Bertz CT molecular complexity index is 638. The van der Waals surface area contributed by atoms with E-state index in [0.29, 0.717) is 22.0 Å². The fourth-order valence-electron chi connectivity index (χ4n) is 2.11. The summed E-state index contributed by atoms with van der Waals surface area (Å²) in [5.41, 5.74) is 7.87. The molecule has 1 unspecified atom stereocenters. The summed E-state index contributed by atoms with van der Waals surface area (Å²) in [6.45, 7) is 3.59. The smallest absolute Gasteiger partial charge is 0.126 e. The molecule has 0 spiro atoms.